The number of carboxylic acids is 1. The third-order valence-corrected chi connectivity index (χ3v) is 4.69. The second kappa shape index (κ2) is 7.45. The zero-order valence-corrected chi connectivity index (χ0v) is 14.6. The van der Waals surface area contributed by atoms with Gasteiger partial charge in [0.1, 0.15) is 12.4 Å². The molecular weight excluding hydrogens is 354 g/mol. The molecule has 0 N–H and O–H groups in total. The molecule has 0 bridgehead atoms. The number of thioether (sulfide) groups is 1. The summed E-state index contributed by atoms with van der Waals surface area (Å²) < 4.78 is 5.64. The second-order valence-electron chi connectivity index (χ2n) is 5.59. The summed E-state index contributed by atoms with van der Waals surface area (Å²) in [6, 6.07) is 13.4. The summed E-state index contributed by atoms with van der Waals surface area (Å²) >= 11 is 0.906. The van der Waals surface area contributed by atoms with E-state index in [0.29, 0.717) is 16.2 Å². The van der Waals surface area contributed by atoms with Crippen molar-refractivity contribution < 1.29 is 24.2 Å². The highest BCUT2D eigenvalue weighted by atomic mass is 32.2. The Labute approximate surface area is 154 Å². The van der Waals surface area contributed by atoms with E-state index in [-0.39, 0.29) is 23.3 Å². The molecule has 1 heterocycles. The Kier molecular flexibility index (Phi) is 5.09. The van der Waals surface area contributed by atoms with Crippen LogP contribution in [-0.4, -0.2) is 29.1 Å². The highest BCUT2D eigenvalue weighted by molar-refractivity contribution is 8.18. The van der Waals surface area contributed by atoms with Crippen LogP contribution in [0, 0.1) is 0 Å². The molecule has 0 unspecified atom stereocenters. The largest absolute Gasteiger partial charge is 0.545 e. The van der Waals surface area contributed by atoms with E-state index in [1.165, 1.54) is 19.2 Å². The zero-order chi connectivity index (χ0) is 18.7. The minimum atomic E-state index is -1.23. The van der Waals surface area contributed by atoms with E-state index in [0.717, 1.165) is 22.2 Å². The summed E-state index contributed by atoms with van der Waals surface area (Å²) in [6.45, 7) is 0.217. The predicted octanol–water partition coefficient (Wildman–Crippen LogP) is 2.30. The molecule has 0 aliphatic carbocycles. The molecule has 0 aromatic heterocycles. The lowest BCUT2D eigenvalue weighted by Crippen LogP contribution is -2.22. The molecule has 1 saturated heterocycles. The lowest BCUT2D eigenvalue weighted by atomic mass is 10.1. The maximum absolute atomic E-state index is 11.9. The van der Waals surface area contributed by atoms with Crippen molar-refractivity contribution in [1.82, 2.24) is 4.90 Å². The predicted molar refractivity (Wildman–Crippen MR) is 95.3 cm³/mol. The number of ether oxygens (including phenoxy) is 1. The normalized spacial score (nSPS) is 15.6. The average molecular weight is 368 g/mol. The number of hydrogen-bond donors (Lipinski definition) is 0. The van der Waals surface area contributed by atoms with Gasteiger partial charge < -0.3 is 14.6 Å². The van der Waals surface area contributed by atoms with Gasteiger partial charge in [0.25, 0.3) is 11.1 Å². The number of amides is 2. The minimum Gasteiger partial charge on any atom is -0.545 e. The lowest BCUT2D eigenvalue weighted by Gasteiger charge is -2.09. The first kappa shape index (κ1) is 17.8. The fourth-order valence-electron chi connectivity index (χ4n) is 2.31. The van der Waals surface area contributed by atoms with Crippen LogP contribution in [0.1, 0.15) is 21.5 Å². The van der Waals surface area contributed by atoms with Crippen molar-refractivity contribution >= 4 is 35.0 Å². The number of rotatable bonds is 5. The molecule has 2 aromatic carbocycles. The Morgan fingerprint density at radius 2 is 1.92 bits per heavy atom. The maximum Gasteiger partial charge on any atom is 0.293 e. The quantitative estimate of drug-likeness (QED) is 0.753. The van der Waals surface area contributed by atoms with Crippen molar-refractivity contribution in [2.75, 3.05) is 7.05 Å². The van der Waals surface area contributed by atoms with Gasteiger partial charge in [0.2, 0.25) is 0 Å². The Morgan fingerprint density at radius 3 is 2.54 bits per heavy atom. The molecule has 2 amide bonds. The van der Waals surface area contributed by atoms with Gasteiger partial charge in [-0.05, 0) is 52.7 Å². The Balaban J connectivity index is 1.65. The van der Waals surface area contributed by atoms with E-state index in [4.69, 9.17) is 4.74 Å². The summed E-state index contributed by atoms with van der Waals surface area (Å²) in [5.41, 5.74) is 1.59. The van der Waals surface area contributed by atoms with Gasteiger partial charge in [0.05, 0.1) is 10.9 Å². The van der Waals surface area contributed by atoms with Gasteiger partial charge in [-0.1, -0.05) is 30.3 Å². The van der Waals surface area contributed by atoms with Crippen molar-refractivity contribution in [2.45, 2.75) is 6.61 Å². The van der Waals surface area contributed by atoms with Crippen molar-refractivity contribution in [1.29, 1.82) is 0 Å². The number of carbonyl (C=O) groups excluding carboxylic acids is 3. The van der Waals surface area contributed by atoms with Crippen LogP contribution in [0.15, 0.2) is 53.4 Å². The molecule has 3 rings (SSSR count). The monoisotopic (exact) mass is 368 g/mol. The SMILES string of the molecule is CN1C(=O)S/C(=C/c2ccc(OCc3cccc(C(=O)[O-])c3)cc2)C1=O. The van der Waals surface area contributed by atoms with Gasteiger partial charge in [0.15, 0.2) is 0 Å². The molecule has 26 heavy (non-hydrogen) atoms. The van der Waals surface area contributed by atoms with E-state index in [9.17, 15) is 19.5 Å². The summed E-state index contributed by atoms with van der Waals surface area (Å²) in [5.74, 6) is -0.939. The standard InChI is InChI=1S/C19H15NO5S/c1-20-17(21)16(26-19(20)24)10-12-5-7-15(8-6-12)25-11-13-3-2-4-14(9-13)18(22)23/h2-10H,11H2,1H3,(H,22,23)/p-1/b16-10+. The van der Waals surface area contributed by atoms with Crippen LogP contribution in [0.25, 0.3) is 6.08 Å². The first-order valence-corrected chi connectivity index (χ1v) is 8.50. The van der Waals surface area contributed by atoms with Crippen LogP contribution in [0.4, 0.5) is 4.79 Å². The number of carbonyl (C=O) groups is 3. The molecule has 0 spiro atoms. The molecule has 1 aliphatic rings. The fraction of sp³-hybridized carbons (Fsp3) is 0.105. The Hall–Kier alpha value is -3.06. The third kappa shape index (κ3) is 3.94. The molecular formula is C19H14NO5S-. The molecule has 1 fully saturated rings. The van der Waals surface area contributed by atoms with Crippen LogP contribution in [0.2, 0.25) is 0 Å². The molecule has 132 valence electrons. The smallest absolute Gasteiger partial charge is 0.293 e. The number of likely N-dealkylation sites (N-methyl/N-ethyl adjacent to an activating group) is 1. The molecule has 6 nitrogen and oxygen atoms in total. The topological polar surface area (TPSA) is 86.7 Å². The first-order chi connectivity index (χ1) is 12.4. The minimum absolute atomic E-state index is 0.103. The second-order valence-corrected chi connectivity index (χ2v) is 6.58. The lowest BCUT2D eigenvalue weighted by molar-refractivity contribution is -0.255. The third-order valence-electron chi connectivity index (χ3n) is 3.73. The van der Waals surface area contributed by atoms with Gasteiger partial charge in [-0.25, -0.2) is 0 Å². The molecule has 2 aromatic rings. The van der Waals surface area contributed by atoms with E-state index < -0.39 is 5.97 Å². The van der Waals surface area contributed by atoms with Crippen LogP contribution in [0.5, 0.6) is 5.75 Å². The number of imide groups is 1. The van der Waals surface area contributed by atoms with Gasteiger partial charge in [0, 0.05) is 7.05 Å². The van der Waals surface area contributed by atoms with Crippen molar-refractivity contribution in [3.63, 3.8) is 0 Å². The molecule has 1 aliphatic heterocycles. The van der Waals surface area contributed by atoms with Crippen molar-refractivity contribution in [2.24, 2.45) is 0 Å². The van der Waals surface area contributed by atoms with Gasteiger partial charge in [-0.2, -0.15) is 0 Å². The van der Waals surface area contributed by atoms with Gasteiger partial charge in [-0.3, -0.25) is 14.5 Å². The number of nitrogens with zero attached hydrogens (tertiary/aromatic N) is 1. The Morgan fingerprint density at radius 1 is 1.19 bits per heavy atom. The fourth-order valence-corrected chi connectivity index (χ4v) is 3.14. The molecule has 0 saturated carbocycles. The Bertz CT molecular complexity index is 904. The molecule has 0 atom stereocenters. The number of aromatic carboxylic acids is 1. The van der Waals surface area contributed by atoms with Crippen LogP contribution in [0.3, 0.4) is 0 Å². The van der Waals surface area contributed by atoms with Gasteiger partial charge >= 0.3 is 0 Å². The van der Waals surface area contributed by atoms with E-state index in [1.807, 2.05) is 0 Å². The summed E-state index contributed by atoms with van der Waals surface area (Å²) in [7, 11) is 1.45. The number of hydrogen-bond acceptors (Lipinski definition) is 6. The summed E-state index contributed by atoms with van der Waals surface area (Å²) in [5, 5.41) is 10.6. The average Bonchev–Trinajstić information content (AvgIpc) is 2.88. The van der Waals surface area contributed by atoms with E-state index in [2.05, 4.69) is 0 Å². The number of benzene rings is 2. The molecule has 0 radical (unpaired) electrons. The van der Waals surface area contributed by atoms with Gasteiger partial charge in [-0.15, -0.1) is 0 Å². The summed E-state index contributed by atoms with van der Waals surface area (Å²) in [4.78, 5) is 35.7. The number of carboxylic acid groups (broad SMARTS) is 1. The zero-order valence-electron chi connectivity index (χ0n) is 13.8. The summed E-state index contributed by atoms with van der Waals surface area (Å²) in [6.07, 6.45) is 1.65. The highest BCUT2D eigenvalue weighted by Crippen LogP contribution is 2.31. The van der Waals surface area contributed by atoms with E-state index >= 15 is 0 Å². The van der Waals surface area contributed by atoms with Crippen LogP contribution in [-0.2, 0) is 11.4 Å². The van der Waals surface area contributed by atoms with Crippen LogP contribution >= 0.6 is 11.8 Å². The van der Waals surface area contributed by atoms with Crippen LogP contribution < -0.4 is 9.84 Å². The van der Waals surface area contributed by atoms with Crippen molar-refractivity contribution in [3.05, 3.63) is 70.1 Å². The van der Waals surface area contributed by atoms with Crippen molar-refractivity contribution in [3.8, 4) is 5.75 Å². The molecule has 7 heteroatoms. The first-order valence-electron chi connectivity index (χ1n) is 7.69. The van der Waals surface area contributed by atoms with E-state index in [1.54, 1.807) is 42.5 Å². The highest BCUT2D eigenvalue weighted by Gasteiger charge is 2.31. The maximum atomic E-state index is 11.9.